The molecule has 0 saturated heterocycles. The number of nitrogens with two attached hydrogens (primary N) is 1. The molecule has 5 nitrogen and oxygen atoms in total. The van der Waals surface area contributed by atoms with E-state index in [1.165, 1.54) is 12.1 Å². The van der Waals surface area contributed by atoms with Crippen molar-refractivity contribution >= 4 is 10.0 Å². The van der Waals surface area contributed by atoms with Gasteiger partial charge in [0.1, 0.15) is 0 Å². The monoisotopic (exact) mass is 267 g/mol. The van der Waals surface area contributed by atoms with Crippen molar-refractivity contribution in [3.63, 3.8) is 0 Å². The van der Waals surface area contributed by atoms with Crippen molar-refractivity contribution in [2.24, 2.45) is 5.73 Å². The van der Waals surface area contributed by atoms with Gasteiger partial charge in [-0.15, -0.1) is 0 Å². The minimum Gasteiger partial charge on any atom is -0.329 e. The minimum absolute atomic E-state index is 0.0936. The predicted molar refractivity (Wildman–Crippen MR) is 69.2 cm³/mol. The van der Waals surface area contributed by atoms with Crippen LogP contribution in [-0.2, 0) is 10.0 Å². The molecule has 3 N–H and O–H groups in total. The molecule has 0 aromatic heterocycles. The van der Waals surface area contributed by atoms with E-state index in [-0.39, 0.29) is 17.5 Å². The largest absolute Gasteiger partial charge is 0.329 e. The van der Waals surface area contributed by atoms with E-state index in [1.807, 2.05) is 13.0 Å². The molecule has 0 radical (unpaired) electrons. The van der Waals surface area contributed by atoms with Gasteiger partial charge in [-0.2, -0.15) is 5.26 Å². The number of benzene rings is 1. The van der Waals surface area contributed by atoms with Gasteiger partial charge in [0.2, 0.25) is 10.0 Å². The Kier molecular flexibility index (Phi) is 5.28. The highest BCUT2D eigenvalue weighted by Gasteiger charge is 2.18. The maximum atomic E-state index is 12.1. The molecule has 0 aliphatic carbocycles. The molecular weight excluding hydrogens is 250 g/mol. The molecule has 98 valence electrons. The molecule has 0 amide bonds. The molecule has 1 aromatic rings. The fraction of sp³-hybridized carbons (Fsp3) is 0.417. The van der Waals surface area contributed by atoms with Gasteiger partial charge in [-0.1, -0.05) is 19.4 Å². The van der Waals surface area contributed by atoms with Gasteiger partial charge in [-0.3, -0.25) is 0 Å². The molecule has 1 aromatic carbocycles. The summed E-state index contributed by atoms with van der Waals surface area (Å²) in [5.74, 6) is 0. The van der Waals surface area contributed by atoms with Gasteiger partial charge in [-0.05, 0) is 24.6 Å². The van der Waals surface area contributed by atoms with E-state index in [1.54, 1.807) is 12.1 Å². The summed E-state index contributed by atoms with van der Waals surface area (Å²) in [4.78, 5) is 0.0936. The maximum Gasteiger partial charge on any atom is 0.240 e. The van der Waals surface area contributed by atoms with Crippen molar-refractivity contribution in [2.45, 2.75) is 30.7 Å². The Labute approximate surface area is 108 Å². The summed E-state index contributed by atoms with van der Waals surface area (Å²) in [6.07, 6.45) is 1.54. The van der Waals surface area contributed by atoms with Crippen molar-refractivity contribution < 1.29 is 8.42 Å². The summed E-state index contributed by atoms with van der Waals surface area (Å²) in [5.41, 5.74) is 5.84. The van der Waals surface area contributed by atoms with Crippen LogP contribution < -0.4 is 10.5 Å². The van der Waals surface area contributed by atoms with Crippen LogP contribution in [0.2, 0.25) is 0 Å². The van der Waals surface area contributed by atoms with Crippen LogP contribution in [-0.4, -0.2) is 21.0 Å². The van der Waals surface area contributed by atoms with E-state index in [2.05, 4.69) is 4.72 Å². The SMILES string of the molecule is CCCC(CN)NS(=O)(=O)c1cccc(C#N)c1. The van der Waals surface area contributed by atoms with E-state index < -0.39 is 10.0 Å². The average Bonchev–Trinajstić information content (AvgIpc) is 2.38. The Morgan fingerprint density at radius 1 is 1.50 bits per heavy atom. The lowest BCUT2D eigenvalue weighted by molar-refractivity contribution is 0.527. The zero-order valence-electron chi connectivity index (χ0n) is 10.3. The first kappa shape index (κ1) is 14.6. The maximum absolute atomic E-state index is 12.1. The molecule has 1 rings (SSSR count). The quantitative estimate of drug-likeness (QED) is 0.802. The number of hydrogen-bond acceptors (Lipinski definition) is 4. The summed E-state index contributed by atoms with van der Waals surface area (Å²) in [6.45, 7) is 2.22. The molecule has 6 heteroatoms. The number of nitrogens with one attached hydrogen (secondary N) is 1. The van der Waals surface area contributed by atoms with Crippen LogP contribution in [0.3, 0.4) is 0 Å². The van der Waals surface area contributed by atoms with E-state index in [9.17, 15) is 8.42 Å². The van der Waals surface area contributed by atoms with Crippen LogP contribution >= 0.6 is 0 Å². The van der Waals surface area contributed by atoms with Gasteiger partial charge in [-0.25, -0.2) is 13.1 Å². The zero-order valence-corrected chi connectivity index (χ0v) is 11.1. The number of hydrogen-bond donors (Lipinski definition) is 2. The molecule has 1 atom stereocenters. The summed E-state index contributed by atoms with van der Waals surface area (Å²) >= 11 is 0. The van der Waals surface area contributed by atoms with E-state index in [0.717, 1.165) is 6.42 Å². The summed E-state index contributed by atoms with van der Waals surface area (Å²) in [5, 5.41) is 8.75. The number of nitrogens with zero attached hydrogens (tertiary/aromatic N) is 1. The molecule has 0 spiro atoms. The van der Waals surface area contributed by atoms with Gasteiger partial charge < -0.3 is 5.73 Å². The van der Waals surface area contributed by atoms with Crippen LogP contribution in [0.15, 0.2) is 29.2 Å². The molecule has 0 heterocycles. The predicted octanol–water partition coefficient (Wildman–Crippen LogP) is 0.964. The Hall–Kier alpha value is -1.42. The lowest BCUT2D eigenvalue weighted by atomic mass is 10.2. The summed E-state index contributed by atoms with van der Waals surface area (Å²) in [7, 11) is -3.61. The highest BCUT2D eigenvalue weighted by molar-refractivity contribution is 7.89. The third kappa shape index (κ3) is 3.81. The summed E-state index contributed by atoms with van der Waals surface area (Å²) < 4.78 is 26.7. The van der Waals surface area contributed by atoms with Crippen LogP contribution in [0, 0.1) is 11.3 Å². The number of nitriles is 1. The third-order valence-electron chi connectivity index (χ3n) is 2.52. The van der Waals surface area contributed by atoms with E-state index >= 15 is 0 Å². The van der Waals surface area contributed by atoms with Gasteiger partial charge >= 0.3 is 0 Å². The van der Waals surface area contributed by atoms with Crippen LogP contribution in [0.1, 0.15) is 25.3 Å². The first-order valence-corrected chi connectivity index (χ1v) is 7.24. The van der Waals surface area contributed by atoms with E-state index in [4.69, 9.17) is 11.0 Å². The van der Waals surface area contributed by atoms with Crippen molar-refractivity contribution in [1.29, 1.82) is 5.26 Å². The van der Waals surface area contributed by atoms with Crippen molar-refractivity contribution in [3.8, 4) is 6.07 Å². The highest BCUT2D eigenvalue weighted by Crippen LogP contribution is 2.12. The molecular formula is C12H17N3O2S. The number of rotatable bonds is 6. The second kappa shape index (κ2) is 6.50. The normalized spacial score (nSPS) is 12.9. The van der Waals surface area contributed by atoms with Crippen LogP contribution in [0.25, 0.3) is 0 Å². The van der Waals surface area contributed by atoms with Gasteiger partial charge in [0.25, 0.3) is 0 Å². The Balaban J connectivity index is 2.95. The topological polar surface area (TPSA) is 96.0 Å². The fourth-order valence-electron chi connectivity index (χ4n) is 1.59. The first-order valence-electron chi connectivity index (χ1n) is 5.76. The second-order valence-electron chi connectivity index (χ2n) is 3.98. The minimum atomic E-state index is -3.61. The lowest BCUT2D eigenvalue weighted by Crippen LogP contribution is -2.40. The van der Waals surface area contributed by atoms with Crippen molar-refractivity contribution in [3.05, 3.63) is 29.8 Å². The van der Waals surface area contributed by atoms with Gasteiger partial charge in [0.15, 0.2) is 0 Å². The molecule has 0 aliphatic heterocycles. The Morgan fingerprint density at radius 2 is 2.22 bits per heavy atom. The Morgan fingerprint density at radius 3 is 2.78 bits per heavy atom. The van der Waals surface area contributed by atoms with E-state index in [0.29, 0.717) is 12.0 Å². The van der Waals surface area contributed by atoms with Crippen molar-refractivity contribution in [1.82, 2.24) is 4.72 Å². The highest BCUT2D eigenvalue weighted by atomic mass is 32.2. The van der Waals surface area contributed by atoms with Crippen LogP contribution in [0.5, 0.6) is 0 Å². The Bertz CT molecular complexity index is 534. The molecule has 0 aliphatic rings. The third-order valence-corrected chi connectivity index (χ3v) is 4.04. The molecule has 18 heavy (non-hydrogen) atoms. The molecule has 0 fully saturated rings. The summed E-state index contributed by atoms with van der Waals surface area (Å²) in [6, 6.07) is 7.56. The first-order chi connectivity index (χ1) is 8.53. The lowest BCUT2D eigenvalue weighted by Gasteiger charge is -2.16. The molecule has 0 saturated carbocycles. The smallest absolute Gasteiger partial charge is 0.240 e. The molecule has 1 unspecified atom stereocenters. The van der Waals surface area contributed by atoms with Crippen molar-refractivity contribution in [2.75, 3.05) is 6.54 Å². The number of sulfonamides is 1. The average molecular weight is 267 g/mol. The second-order valence-corrected chi connectivity index (χ2v) is 5.70. The fourth-order valence-corrected chi connectivity index (χ4v) is 2.92. The van der Waals surface area contributed by atoms with Gasteiger partial charge in [0, 0.05) is 12.6 Å². The zero-order chi connectivity index (χ0) is 13.6. The standard InChI is InChI=1S/C12H17N3O2S/c1-2-4-11(9-14)15-18(16,17)12-6-3-5-10(7-12)8-13/h3,5-7,11,15H,2,4,9,14H2,1H3. The molecule has 0 bridgehead atoms. The van der Waals surface area contributed by atoms with Crippen LogP contribution in [0.4, 0.5) is 0 Å². The van der Waals surface area contributed by atoms with Gasteiger partial charge in [0.05, 0.1) is 16.5 Å².